The number of halogens is 3. The number of pyridine rings is 1. The lowest BCUT2D eigenvalue weighted by molar-refractivity contribution is -0.0591. The Bertz CT molecular complexity index is 1690. The Balaban J connectivity index is 1.17. The van der Waals surface area contributed by atoms with Crippen LogP contribution in [0, 0.1) is 17.6 Å². The summed E-state index contributed by atoms with van der Waals surface area (Å²) >= 11 is 5.81. The number of fused-ring (bicyclic) bond motifs is 1. The van der Waals surface area contributed by atoms with Gasteiger partial charge in [-0.05, 0) is 68.4 Å². The van der Waals surface area contributed by atoms with Crippen LogP contribution in [0.3, 0.4) is 0 Å². The topological polar surface area (TPSA) is 101 Å². The first kappa shape index (κ1) is 29.1. The number of imidazole rings is 1. The molecule has 0 N–H and O–H groups in total. The molecule has 0 amide bonds. The summed E-state index contributed by atoms with van der Waals surface area (Å²) < 4.78 is 47.0. The van der Waals surface area contributed by atoms with Gasteiger partial charge in [-0.3, -0.25) is 0 Å². The fourth-order valence-electron chi connectivity index (χ4n) is 5.27. The summed E-state index contributed by atoms with van der Waals surface area (Å²) in [6, 6.07) is 7.66. The number of rotatable bonds is 10. The van der Waals surface area contributed by atoms with Gasteiger partial charge >= 0.3 is 5.97 Å². The minimum Gasteiger partial charge on any atom is -0.471 e. The van der Waals surface area contributed by atoms with Crippen LogP contribution in [0.5, 0.6) is 5.88 Å². The van der Waals surface area contributed by atoms with Crippen LogP contribution >= 0.6 is 11.6 Å². The molecule has 4 aromatic rings. The molecule has 2 atom stereocenters. The zero-order chi connectivity index (χ0) is 29.9. The normalized spacial score (nSPS) is 18.3. The van der Waals surface area contributed by atoms with Crippen LogP contribution in [0.1, 0.15) is 60.3 Å². The summed E-state index contributed by atoms with van der Waals surface area (Å²) in [6.45, 7) is 3.19. The van der Waals surface area contributed by atoms with Gasteiger partial charge in [0.2, 0.25) is 5.82 Å². The quantitative estimate of drug-likeness (QED) is 0.198. The van der Waals surface area contributed by atoms with E-state index in [1.165, 1.54) is 12.1 Å². The van der Waals surface area contributed by atoms with Gasteiger partial charge in [-0.1, -0.05) is 23.7 Å². The maximum absolute atomic E-state index is 14.4. The molecule has 9 nitrogen and oxygen atoms in total. The Morgan fingerprint density at radius 2 is 2.00 bits per heavy atom. The number of ether oxygens (including phenoxy) is 3. The van der Waals surface area contributed by atoms with E-state index in [1.54, 1.807) is 19.1 Å². The van der Waals surface area contributed by atoms with Gasteiger partial charge in [0.15, 0.2) is 17.2 Å². The summed E-state index contributed by atoms with van der Waals surface area (Å²) in [6.07, 6.45) is 7.21. The zero-order valence-electron chi connectivity index (χ0n) is 23.6. The standard InChI is InChI=1S/C31H30ClF2N5O4/c1-2-41-31(40)26-10-9-25-29(37-26)39(16-22-11-12-42-22)27(36-25)13-18-3-5-19(6-4-18)28-35-15-24(34)30(38-28)43-17-20-7-8-21(32)14-23(20)33/h5,7-10,14-15,18,22H,2-4,6,11-13,16-17H2,1H3. The molecule has 0 spiro atoms. The fourth-order valence-corrected chi connectivity index (χ4v) is 5.43. The third-order valence-electron chi connectivity index (χ3n) is 7.70. The van der Waals surface area contributed by atoms with Crippen molar-refractivity contribution in [2.45, 2.75) is 58.3 Å². The van der Waals surface area contributed by atoms with E-state index in [2.05, 4.69) is 25.6 Å². The van der Waals surface area contributed by atoms with Crippen molar-refractivity contribution in [2.24, 2.45) is 5.92 Å². The molecular formula is C31H30ClF2N5O4. The number of hydrogen-bond donors (Lipinski definition) is 0. The lowest BCUT2D eigenvalue weighted by Crippen LogP contribution is -2.32. The van der Waals surface area contributed by atoms with Crippen LogP contribution < -0.4 is 4.74 Å². The van der Waals surface area contributed by atoms with Gasteiger partial charge in [0, 0.05) is 23.6 Å². The van der Waals surface area contributed by atoms with Crippen molar-refractivity contribution >= 4 is 34.3 Å². The number of benzene rings is 1. The Morgan fingerprint density at radius 1 is 1.14 bits per heavy atom. The Hall–Kier alpha value is -3.96. The molecule has 12 heteroatoms. The number of esters is 1. The van der Waals surface area contributed by atoms with Crippen molar-refractivity contribution in [3.05, 3.63) is 82.2 Å². The van der Waals surface area contributed by atoms with Crippen LogP contribution in [-0.2, 0) is 29.0 Å². The monoisotopic (exact) mass is 609 g/mol. The van der Waals surface area contributed by atoms with Crippen molar-refractivity contribution in [2.75, 3.05) is 13.2 Å². The summed E-state index contributed by atoms with van der Waals surface area (Å²) in [5.41, 5.74) is 2.76. The van der Waals surface area contributed by atoms with Crippen LogP contribution in [0.25, 0.3) is 16.7 Å². The predicted octanol–water partition coefficient (Wildman–Crippen LogP) is 6.12. The molecule has 43 heavy (non-hydrogen) atoms. The third-order valence-corrected chi connectivity index (χ3v) is 7.94. The van der Waals surface area contributed by atoms with Gasteiger partial charge in [-0.15, -0.1) is 0 Å². The van der Waals surface area contributed by atoms with Crippen LogP contribution in [-0.4, -0.2) is 49.8 Å². The van der Waals surface area contributed by atoms with Gasteiger partial charge in [0.05, 0.1) is 25.5 Å². The van der Waals surface area contributed by atoms with E-state index in [0.29, 0.717) is 36.8 Å². The predicted molar refractivity (Wildman–Crippen MR) is 155 cm³/mol. The molecule has 1 fully saturated rings. The number of carbonyl (C=O) groups is 1. The van der Waals surface area contributed by atoms with E-state index >= 15 is 0 Å². The van der Waals surface area contributed by atoms with Crippen LogP contribution in [0.2, 0.25) is 5.02 Å². The average molecular weight is 610 g/mol. The van der Waals surface area contributed by atoms with E-state index in [0.717, 1.165) is 49.0 Å². The SMILES string of the molecule is CCOC(=O)c1ccc2nc(CC3CC=C(c4ncc(F)c(OCc5ccc(Cl)cc5F)n4)CC3)n(CC3CCO3)c2n1. The highest BCUT2D eigenvalue weighted by Crippen LogP contribution is 2.32. The minimum atomic E-state index is -0.721. The number of allylic oxidation sites excluding steroid dienone is 2. The van der Waals surface area contributed by atoms with Crippen LogP contribution in [0.15, 0.2) is 42.6 Å². The smallest absolute Gasteiger partial charge is 0.357 e. The number of aromatic nitrogens is 5. The fraction of sp³-hybridized carbons (Fsp3) is 0.387. The highest BCUT2D eigenvalue weighted by Gasteiger charge is 2.26. The molecular weight excluding hydrogens is 580 g/mol. The molecule has 2 unspecified atom stereocenters. The van der Waals surface area contributed by atoms with E-state index < -0.39 is 17.6 Å². The van der Waals surface area contributed by atoms with E-state index in [-0.39, 0.29) is 41.5 Å². The lowest BCUT2D eigenvalue weighted by Gasteiger charge is -2.28. The summed E-state index contributed by atoms with van der Waals surface area (Å²) in [4.78, 5) is 30.3. The minimum absolute atomic E-state index is 0.0882. The number of nitrogens with zero attached hydrogens (tertiary/aromatic N) is 5. The second-order valence-electron chi connectivity index (χ2n) is 10.6. The molecule has 1 aliphatic heterocycles. The first-order valence-corrected chi connectivity index (χ1v) is 14.7. The molecule has 224 valence electrons. The van der Waals surface area contributed by atoms with Crippen molar-refractivity contribution in [3.8, 4) is 5.88 Å². The van der Waals surface area contributed by atoms with Crippen LogP contribution in [0.4, 0.5) is 8.78 Å². The van der Waals surface area contributed by atoms with Gasteiger partial charge in [-0.2, -0.15) is 9.37 Å². The van der Waals surface area contributed by atoms with E-state index in [1.807, 2.05) is 6.07 Å². The van der Waals surface area contributed by atoms with Gasteiger partial charge < -0.3 is 18.8 Å². The Kier molecular flexibility index (Phi) is 8.62. The maximum Gasteiger partial charge on any atom is 0.357 e. The highest BCUT2D eigenvalue weighted by molar-refractivity contribution is 6.30. The van der Waals surface area contributed by atoms with Crippen molar-refractivity contribution < 1.29 is 27.8 Å². The maximum atomic E-state index is 14.4. The van der Waals surface area contributed by atoms with Crippen molar-refractivity contribution in [3.63, 3.8) is 0 Å². The van der Waals surface area contributed by atoms with Gasteiger partial charge in [0.25, 0.3) is 5.88 Å². The molecule has 0 saturated carbocycles. The summed E-state index contributed by atoms with van der Waals surface area (Å²) in [5, 5.41) is 0.267. The van der Waals surface area contributed by atoms with Gasteiger partial charge in [0.1, 0.15) is 23.8 Å². The molecule has 1 saturated heterocycles. The Labute approximate surface area is 251 Å². The zero-order valence-corrected chi connectivity index (χ0v) is 24.3. The largest absolute Gasteiger partial charge is 0.471 e. The van der Waals surface area contributed by atoms with Gasteiger partial charge in [-0.25, -0.2) is 24.1 Å². The first-order chi connectivity index (χ1) is 20.9. The summed E-state index contributed by atoms with van der Waals surface area (Å²) in [7, 11) is 0. The second kappa shape index (κ2) is 12.7. The molecule has 3 aromatic heterocycles. The second-order valence-corrected chi connectivity index (χ2v) is 11.1. The molecule has 0 bridgehead atoms. The first-order valence-electron chi connectivity index (χ1n) is 14.3. The van der Waals surface area contributed by atoms with E-state index in [9.17, 15) is 13.6 Å². The average Bonchev–Trinajstić information content (AvgIpc) is 3.31. The number of carbonyl (C=O) groups excluding carboxylic acids is 1. The molecule has 4 heterocycles. The third kappa shape index (κ3) is 6.52. The summed E-state index contributed by atoms with van der Waals surface area (Å²) in [5.74, 6) is -0.370. The molecule has 0 radical (unpaired) electrons. The highest BCUT2D eigenvalue weighted by atomic mass is 35.5. The molecule has 1 aromatic carbocycles. The van der Waals surface area contributed by atoms with Crippen molar-refractivity contribution in [1.82, 2.24) is 24.5 Å². The van der Waals surface area contributed by atoms with E-state index in [4.69, 9.17) is 30.8 Å². The number of hydrogen-bond acceptors (Lipinski definition) is 8. The van der Waals surface area contributed by atoms with Crippen molar-refractivity contribution in [1.29, 1.82) is 0 Å². The molecule has 2 aliphatic rings. The molecule has 6 rings (SSSR count). The Morgan fingerprint density at radius 3 is 2.72 bits per heavy atom. The lowest BCUT2D eigenvalue weighted by atomic mass is 9.87. The molecule has 1 aliphatic carbocycles.